The Hall–Kier alpha value is -1.72. The van der Waals surface area contributed by atoms with Gasteiger partial charge in [-0.1, -0.05) is 27.5 Å². The first-order valence-corrected chi connectivity index (χ1v) is 8.32. The summed E-state index contributed by atoms with van der Waals surface area (Å²) in [6.45, 7) is 4.20. The Kier molecular flexibility index (Phi) is 6.30. The van der Waals surface area contributed by atoms with Crippen LogP contribution < -0.4 is 14.8 Å². The molecule has 0 aliphatic carbocycles. The largest absolute Gasteiger partial charge is 0.494 e. The summed E-state index contributed by atoms with van der Waals surface area (Å²) in [4.78, 5) is 12.2. The van der Waals surface area contributed by atoms with Gasteiger partial charge in [-0.15, -0.1) is 0 Å². The number of anilines is 1. The van der Waals surface area contributed by atoms with Gasteiger partial charge in [0.1, 0.15) is 11.5 Å². The molecule has 2 rings (SSSR count). The minimum absolute atomic E-state index is 0.275. The van der Waals surface area contributed by atoms with Gasteiger partial charge in [-0.05, 0) is 56.3 Å². The van der Waals surface area contributed by atoms with E-state index in [9.17, 15) is 4.79 Å². The number of halogens is 2. The molecule has 122 valence electrons. The van der Waals surface area contributed by atoms with Crippen LogP contribution in [0.2, 0.25) is 5.02 Å². The van der Waals surface area contributed by atoms with E-state index in [0.717, 1.165) is 10.2 Å². The van der Waals surface area contributed by atoms with Crippen molar-refractivity contribution in [2.24, 2.45) is 0 Å². The Morgan fingerprint density at radius 1 is 1.22 bits per heavy atom. The van der Waals surface area contributed by atoms with Crippen molar-refractivity contribution in [2.45, 2.75) is 20.0 Å². The fraction of sp³-hybridized carbons (Fsp3) is 0.235. The Balaban J connectivity index is 1.96. The number of carbonyl (C=O) groups is 1. The maximum Gasteiger partial charge on any atom is 0.265 e. The summed E-state index contributed by atoms with van der Waals surface area (Å²) in [6.07, 6.45) is -0.660. The molecule has 23 heavy (non-hydrogen) atoms. The maximum absolute atomic E-state index is 12.2. The van der Waals surface area contributed by atoms with E-state index in [2.05, 4.69) is 21.2 Å². The molecule has 0 aliphatic heterocycles. The van der Waals surface area contributed by atoms with E-state index in [1.807, 2.05) is 6.92 Å². The van der Waals surface area contributed by atoms with Gasteiger partial charge in [0.15, 0.2) is 6.10 Å². The number of amides is 1. The third kappa shape index (κ3) is 5.15. The van der Waals surface area contributed by atoms with Crippen LogP contribution in [-0.4, -0.2) is 18.6 Å². The van der Waals surface area contributed by atoms with Gasteiger partial charge in [0, 0.05) is 4.47 Å². The Labute approximate surface area is 148 Å². The highest BCUT2D eigenvalue weighted by Gasteiger charge is 2.16. The average Bonchev–Trinajstić information content (AvgIpc) is 2.52. The van der Waals surface area contributed by atoms with E-state index in [-0.39, 0.29) is 5.91 Å². The van der Waals surface area contributed by atoms with Crippen molar-refractivity contribution in [3.8, 4) is 11.5 Å². The number of benzene rings is 2. The van der Waals surface area contributed by atoms with Crippen molar-refractivity contribution in [1.29, 1.82) is 0 Å². The molecule has 0 saturated carbocycles. The summed E-state index contributed by atoms with van der Waals surface area (Å²) in [5.41, 5.74) is 0.544. The third-order valence-electron chi connectivity index (χ3n) is 3.01. The topological polar surface area (TPSA) is 47.6 Å². The van der Waals surface area contributed by atoms with Crippen LogP contribution in [0.25, 0.3) is 0 Å². The molecule has 0 bridgehead atoms. The van der Waals surface area contributed by atoms with E-state index in [0.29, 0.717) is 23.1 Å². The third-order valence-corrected chi connectivity index (χ3v) is 3.81. The summed E-state index contributed by atoms with van der Waals surface area (Å²) >= 11 is 9.41. The Morgan fingerprint density at radius 2 is 1.87 bits per heavy atom. The second kappa shape index (κ2) is 8.22. The van der Waals surface area contributed by atoms with Crippen LogP contribution >= 0.6 is 27.5 Å². The highest BCUT2D eigenvalue weighted by atomic mass is 79.9. The van der Waals surface area contributed by atoms with Gasteiger partial charge in [-0.25, -0.2) is 0 Å². The summed E-state index contributed by atoms with van der Waals surface area (Å²) < 4.78 is 11.8. The molecule has 0 radical (unpaired) electrons. The van der Waals surface area contributed by atoms with Crippen molar-refractivity contribution in [3.05, 3.63) is 52.0 Å². The van der Waals surface area contributed by atoms with Crippen molar-refractivity contribution in [2.75, 3.05) is 11.9 Å². The van der Waals surface area contributed by atoms with E-state index in [4.69, 9.17) is 21.1 Å². The van der Waals surface area contributed by atoms with Gasteiger partial charge in [0.2, 0.25) is 0 Å². The summed E-state index contributed by atoms with van der Waals surface area (Å²) in [5, 5.41) is 3.21. The molecule has 1 unspecified atom stereocenters. The number of hydrogen-bond donors (Lipinski definition) is 1. The Bertz CT molecular complexity index is 676. The molecule has 0 aliphatic rings. The summed E-state index contributed by atoms with van der Waals surface area (Å²) in [6, 6.07) is 12.4. The second-order valence-electron chi connectivity index (χ2n) is 4.78. The molecule has 6 heteroatoms. The van der Waals surface area contributed by atoms with Gasteiger partial charge in [0.05, 0.1) is 17.3 Å². The lowest BCUT2D eigenvalue weighted by Gasteiger charge is -2.15. The SMILES string of the molecule is CCOc1ccc(OC(C)C(=O)Nc2ccc(Br)cc2Cl)cc1. The van der Waals surface area contributed by atoms with Crippen LogP contribution in [0.4, 0.5) is 5.69 Å². The first-order chi connectivity index (χ1) is 11.0. The van der Waals surface area contributed by atoms with Crippen molar-refractivity contribution < 1.29 is 14.3 Å². The molecule has 4 nitrogen and oxygen atoms in total. The molecule has 0 spiro atoms. The van der Waals surface area contributed by atoms with Crippen molar-refractivity contribution in [1.82, 2.24) is 0 Å². The van der Waals surface area contributed by atoms with E-state index >= 15 is 0 Å². The predicted octanol–water partition coefficient (Wildman–Crippen LogP) is 4.91. The van der Waals surface area contributed by atoms with Crippen LogP contribution in [0, 0.1) is 0 Å². The lowest BCUT2D eigenvalue weighted by molar-refractivity contribution is -0.122. The van der Waals surface area contributed by atoms with Crippen LogP contribution in [0.5, 0.6) is 11.5 Å². The number of ether oxygens (including phenoxy) is 2. The maximum atomic E-state index is 12.2. The number of nitrogens with one attached hydrogen (secondary N) is 1. The van der Waals surface area contributed by atoms with Gasteiger partial charge in [0.25, 0.3) is 5.91 Å². The van der Waals surface area contributed by atoms with Crippen LogP contribution in [-0.2, 0) is 4.79 Å². The normalized spacial score (nSPS) is 11.7. The zero-order valence-corrected chi connectivity index (χ0v) is 15.1. The molecule has 0 aromatic heterocycles. The van der Waals surface area contributed by atoms with Crippen LogP contribution in [0.1, 0.15) is 13.8 Å². The summed E-state index contributed by atoms with van der Waals surface area (Å²) in [5.74, 6) is 1.08. The van der Waals surface area contributed by atoms with Crippen molar-refractivity contribution >= 4 is 39.1 Å². The molecule has 0 heterocycles. The highest BCUT2D eigenvalue weighted by Crippen LogP contribution is 2.26. The molecular formula is C17H17BrClNO3. The number of hydrogen-bond acceptors (Lipinski definition) is 3. The molecule has 1 N–H and O–H groups in total. The predicted molar refractivity (Wildman–Crippen MR) is 95.5 cm³/mol. The lowest BCUT2D eigenvalue weighted by Crippen LogP contribution is -2.30. The fourth-order valence-electron chi connectivity index (χ4n) is 1.86. The molecule has 2 aromatic carbocycles. The fourth-order valence-corrected chi connectivity index (χ4v) is 2.58. The standard InChI is InChI=1S/C17H17BrClNO3/c1-3-22-13-5-7-14(8-6-13)23-11(2)17(21)20-16-9-4-12(18)10-15(16)19/h4-11H,3H2,1-2H3,(H,20,21). The highest BCUT2D eigenvalue weighted by molar-refractivity contribution is 9.10. The van der Waals surface area contributed by atoms with E-state index in [1.165, 1.54) is 0 Å². The van der Waals surface area contributed by atoms with E-state index in [1.54, 1.807) is 49.4 Å². The van der Waals surface area contributed by atoms with Crippen LogP contribution in [0.15, 0.2) is 46.9 Å². The number of rotatable bonds is 6. The lowest BCUT2D eigenvalue weighted by atomic mass is 10.3. The smallest absolute Gasteiger partial charge is 0.265 e. The summed E-state index contributed by atoms with van der Waals surface area (Å²) in [7, 11) is 0. The van der Waals surface area contributed by atoms with Crippen LogP contribution in [0.3, 0.4) is 0 Å². The monoisotopic (exact) mass is 397 g/mol. The minimum atomic E-state index is -0.660. The van der Waals surface area contributed by atoms with Gasteiger partial charge in [-0.3, -0.25) is 4.79 Å². The first kappa shape index (κ1) is 17.6. The zero-order chi connectivity index (χ0) is 16.8. The Morgan fingerprint density at radius 3 is 2.48 bits per heavy atom. The first-order valence-electron chi connectivity index (χ1n) is 7.15. The molecular weight excluding hydrogens is 382 g/mol. The molecule has 2 aromatic rings. The van der Waals surface area contributed by atoms with Gasteiger partial charge >= 0.3 is 0 Å². The molecule has 0 fully saturated rings. The average molecular weight is 399 g/mol. The quantitative estimate of drug-likeness (QED) is 0.752. The van der Waals surface area contributed by atoms with Gasteiger partial charge in [-0.2, -0.15) is 0 Å². The van der Waals surface area contributed by atoms with Crippen molar-refractivity contribution in [3.63, 3.8) is 0 Å². The minimum Gasteiger partial charge on any atom is -0.494 e. The van der Waals surface area contributed by atoms with Gasteiger partial charge < -0.3 is 14.8 Å². The molecule has 0 saturated heterocycles. The number of carbonyl (C=O) groups excluding carboxylic acids is 1. The molecule has 1 atom stereocenters. The zero-order valence-electron chi connectivity index (χ0n) is 12.8. The van der Waals surface area contributed by atoms with E-state index < -0.39 is 6.10 Å². The molecule has 1 amide bonds. The second-order valence-corrected chi connectivity index (χ2v) is 6.10.